The van der Waals surface area contributed by atoms with Crippen molar-refractivity contribution < 1.29 is 18.1 Å². The fourth-order valence-corrected chi connectivity index (χ4v) is 4.47. The second kappa shape index (κ2) is 5.76. The number of aromatic nitrogens is 1. The van der Waals surface area contributed by atoms with E-state index in [1.807, 2.05) is 11.8 Å². The van der Waals surface area contributed by atoms with Crippen LogP contribution in [-0.4, -0.2) is 53.0 Å². The van der Waals surface area contributed by atoms with Crippen molar-refractivity contribution >= 4 is 5.91 Å². The molecule has 7 heteroatoms. The first-order valence-corrected chi connectivity index (χ1v) is 9.09. The van der Waals surface area contributed by atoms with Crippen molar-refractivity contribution in [3.05, 3.63) is 17.0 Å². The Balaban J connectivity index is 1.54. The molecule has 0 bridgehead atoms. The van der Waals surface area contributed by atoms with Gasteiger partial charge in [0.2, 0.25) is 5.91 Å². The molecular formula is C18H25F2N3O2. The normalized spacial score (nSPS) is 29.8. The summed E-state index contributed by atoms with van der Waals surface area (Å²) in [6.45, 7) is 5.42. The molecule has 138 valence electrons. The van der Waals surface area contributed by atoms with Gasteiger partial charge in [-0.15, -0.1) is 0 Å². The molecule has 1 amide bonds. The molecule has 0 N–H and O–H groups in total. The van der Waals surface area contributed by atoms with Crippen molar-refractivity contribution in [2.45, 2.75) is 52.0 Å². The molecule has 1 atom stereocenters. The largest absolute Gasteiger partial charge is 0.361 e. The molecule has 3 fully saturated rings. The Morgan fingerprint density at radius 3 is 2.68 bits per heavy atom. The number of carbonyl (C=O) groups is 1. The minimum Gasteiger partial charge on any atom is -0.361 e. The van der Waals surface area contributed by atoms with Crippen LogP contribution in [0.3, 0.4) is 0 Å². The van der Waals surface area contributed by atoms with Crippen molar-refractivity contribution in [2.75, 3.05) is 26.2 Å². The van der Waals surface area contributed by atoms with Gasteiger partial charge in [0.05, 0.1) is 17.7 Å². The average molecular weight is 353 g/mol. The van der Waals surface area contributed by atoms with Crippen LogP contribution >= 0.6 is 0 Å². The second-order valence-corrected chi connectivity index (χ2v) is 8.21. The van der Waals surface area contributed by atoms with E-state index < -0.39 is 11.3 Å². The van der Waals surface area contributed by atoms with Gasteiger partial charge in [-0.3, -0.25) is 9.69 Å². The van der Waals surface area contributed by atoms with Crippen molar-refractivity contribution in [2.24, 2.45) is 11.3 Å². The van der Waals surface area contributed by atoms with E-state index in [0.29, 0.717) is 37.7 Å². The molecule has 2 aliphatic heterocycles. The Morgan fingerprint density at radius 1 is 1.28 bits per heavy atom. The predicted octanol–water partition coefficient (Wildman–Crippen LogP) is 2.76. The number of amides is 1. The van der Waals surface area contributed by atoms with E-state index in [9.17, 15) is 13.6 Å². The summed E-state index contributed by atoms with van der Waals surface area (Å²) in [6.07, 6.45) is 2.53. The number of halogens is 2. The second-order valence-electron chi connectivity index (χ2n) is 8.21. The van der Waals surface area contributed by atoms with Crippen LogP contribution in [0.25, 0.3) is 0 Å². The van der Waals surface area contributed by atoms with E-state index >= 15 is 0 Å². The SMILES string of the molecule is Cc1noc(C)c1CN1CC(F)(F)C[C@]2(CCN(CC3CC3)C2=O)C1. The molecule has 5 nitrogen and oxygen atoms in total. The molecule has 0 unspecified atom stereocenters. The number of carbonyl (C=O) groups excluding carboxylic acids is 1. The zero-order valence-corrected chi connectivity index (χ0v) is 14.9. The first-order valence-electron chi connectivity index (χ1n) is 9.09. The summed E-state index contributed by atoms with van der Waals surface area (Å²) in [7, 11) is 0. The minimum absolute atomic E-state index is 0.0671. The van der Waals surface area contributed by atoms with Gasteiger partial charge in [0, 0.05) is 38.2 Å². The lowest BCUT2D eigenvalue weighted by molar-refractivity contribution is -0.155. The number of hydrogen-bond acceptors (Lipinski definition) is 4. The number of aryl methyl sites for hydroxylation is 2. The van der Waals surface area contributed by atoms with Crippen molar-refractivity contribution in [1.29, 1.82) is 0 Å². The molecule has 4 rings (SSSR count). The molecule has 1 aliphatic carbocycles. The maximum absolute atomic E-state index is 14.5. The van der Waals surface area contributed by atoms with Gasteiger partial charge in [-0.25, -0.2) is 8.78 Å². The number of hydrogen-bond donors (Lipinski definition) is 0. The predicted molar refractivity (Wildman–Crippen MR) is 87.2 cm³/mol. The quantitative estimate of drug-likeness (QED) is 0.835. The highest BCUT2D eigenvalue weighted by atomic mass is 19.3. The monoisotopic (exact) mass is 353 g/mol. The summed E-state index contributed by atoms with van der Waals surface area (Å²) in [5.74, 6) is -1.67. The maximum Gasteiger partial charge on any atom is 0.261 e. The van der Waals surface area contributed by atoms with Crippen LogP contribution in [0.15, 0.2) is 4.52 Å². The number of piperidine rings is 1. The lowest BCUT2D eigenvalue weighted by Crippen LogP contribution is -2.55. The number of rotatable bonds is 4. The molecule has 1 aromatic rings. The summed E-state index contributed by atoms with van der Waals surface area (Å²) >= 11 is 0. The first-order chi connectivity index (χ1) is 11.8. The third-order valence-electron chi connectivity index (χ3n) is 5.92. The average Bonchev–Trinajstić information content (AvgIpc) is 3.24. The van der Waals surface area contributed by atoms with Gasteiger partial charge in [0.1, 0.15) is 5.76 Å². The van der Waals surface area contributed by atoms with Crippen molar-refractivity contribution in [1.82, 2.24) is 15.0 Å². The number of nitrogens with zero attached hydrogens (tertiary/aromatic N) is 3. The highest BCUT2D eigenvalue weighted by Crippen LogP contribution is 2.47. The van der Waals surface area contributed by atoms with Gasteiger partial charge in [-0.2, -0.15) is 0 Å². The summed E-state index contributed by atoms with van der Waals surface area (Å²) in [5, 5.41) is 3.91. The molecular weight excluding hydrogens is 328 g/mol. The Kier molecular flexibility index (Phi) is 3.90. The van der Waals surface area contributed by atoms with Gasteiger partial charge in [-0.1, -0.05) is 5.16 Å². The summed E-state index contributed by atoms with van der Waals surface area (Å²) < 4.78 is 34.2. The Bertz CT molecular complexity index is 666. The highest BCUT2D eigenvalue weighted by molar-refractivity contribution is 5.85. The third-order valence-corrected chi connectivity index (χ3v) is 5.92. The first kappa shape index (κ1) is 16.9. The van der Waals surface area contributed by atoms with Crippen LogP contribution in [0.2, 0.25) is 0 Å². The zero-order valence-electron chi connectivity index (χ0n) is 14.9. The van der Waals surface area contributed by atoms with Gasteiger partial charge >= 0.3 is 0 Å². The molecule has 1 spiro atoms. The van der Waals surface area contributed by atoms with E-state index in [4.69, 9.17) is 4.52 Å². The maximum atomic E-state index is 14.5. The molecule has 0 aromatic carbocycles. The Hall–Kier alpha value is -1.50. The topological polar surface area (TPSA) is 49.6 Å². The lowest BCUT2D eigenvalue weighted by Gasteiger charge is -2.42. The highest BCUT2D eigenvalue weighted by Gasteiger charge is 2.57. The van der Waals surface area contributed by atoms with Gasteiger partial charge < -0.3 is 9.42 Å². The Morgan fingerprint density at radius 2 is 2.04 bits per heavy atom. The fourth-order valence-electron chi connectivity index (χ4n) is 4.47. The van der Waals surface area contributed by atoms with E-state index in [1.54, 1.807) is 11.8 Å². The van der Waals surface area contributed by atoms with Gasteiger partial charge in [-0.05, 0) is 39.0 Å². The molecule has 0 radical (unpaired) electrons. The van der Waals surface area contributed by atoms with Crippen LogP contribution in [-0.2, 0) is 11.3 Å². The van der Waals surface area contributed by atoms with Crippen LogP contribution in [0.4, 0.5) is 8.78 Å². The van der Waals surface area contributed by atoms with Crippen LogP contribution in [0.1, 0.15) is 42.7 Å². The third kappa shape index (κ3) is 3.18. The number of alkyl halides is 2. The smallest absolute Gasteiger partial charge is 0.261 e. The minimum atomic E-state index is -2.84. The van der Waals surface area contributed by atoms with E-state index in [1.165, 1.54) is 0 Å². The molecule has 25 heavy (non-hydrogen) atoms. The van der Waals surface area contributed by atoms with E-state index in [2.05, 4.69) is 5.16 Å². The Labute approximate surface area is 146 Å². The van der Waals surface area contributed by atoms with E-state index in [0.717, 1.165) is 30.6 Å². The fraction of sp³-hybridized carbons (Fsp3) is 0.778. The molecule has 1 aromatic heterocycles. The van der Waals surface area contributed by atoms with Crippen LogP contribution < -0.4 is 0 Å². The molecule has 1 saturated carbocycles. The summed E-state index contributed by atoms with van der Waals surface area (Å²) in [6, 6.07) is 0. The van der Waals surface area contributed by atoms with Crippen molar-refractivity contribution in [3.63, 3.8) is 0 Å². The summed E-state index contributed by atoms with van der Waals surface area (Å²) in [4.78, 5) is 16.5. The molecule has 3 heterocycles. The van der Waals surface area contributed by atoms with Crippen molar-refractivity contribution in [3.8, 4) is 0 Å². The van der Waals surface area contributed by atoms with Gasteiger partial charge in [0.15, 0.2) is 0 Å². The molecule has 3 aliphatic rings. The van der Waals surface area contributed by atoms with Crippen LogP contribution in [0, 0.1) is 25.2 Å². The standard InChI is InChI=1S/C18H25F2N3O2/c1-12-15(13(2)25-21-12)8-22-10-17(9-18(19,20)11-22)5-6-23(16(17)24)7-14-3-4-14/h14H,3-11H2,1-2H3/t17-/m1/s1. The van der Waals surface area contributed by atoms with Crippen LogP contribution in [0.5, 0.6) is 0 Å². The lowest BCUT2D eigenvalue weighted by atomic mass is 9.76. The van der Waals surface area contributed by atoms with Gasteiger partial charge in [0.25, 0.3) is 5.92 Å². The van der Waals surface area contributed by atoms with E-state index in [-0.39, 0.29) is 18.9 Å². The summed E-state index contributed by atoms with van der Waals surface area (Å²) in [5.41, 5.74) is 0.650. The zero-order chi connectivity index (χ0) is 17.8. The molecule has 2 saturated heterocycles. The number of likely N-dealkylation sites (tertiary alicyclic amines) is 2.